The quantitative estimate of drug-likeness (QED) is 0.753. The Morgan fingerprint density at radius 3 is 2.64 bits per heavy atom. The van der Waals surface area contributed by atoms with Crippen molar-refractivity contribution < 1.29 is 5.11 Å². The first kappa shape index (κ1) is 11.1. The number of hydrogen-bond acceptors (Lipinski definition) is 2. The van der Waals surface area contributed by atoms with Crippen LogP contribution in [0.2, 0.25) is 0 Å². The summed E-state index contributed by atoms with van der Waals surface area (Å²) in [5.41, 5.74) is 2.02. The van der Waals surface area contributed by atoms with Crippen molar-refractivity contribution in [3.05, 3.63) is 29.8 Å². The molecule has 1 rings (SSSR count). The molecule has 14 heavy (non-hydrogen) atoms. The van der Waals surface area contributed by atoms with Gasteiger partial charge in [0.25, 0.3) is 0 Å². The third kappa shape index (κ3) is 3.38. The van der Waals surface area contributed by atoms with E-state index < -0.39 is 0 Å². The van der Waals surface area contributed by atoms with Crippen LogP contribution in [0.25, 0.3) is 0 Å². The molecule has 0 unspecified atom stereocenters. The molecule has 0 aliphatic heterocycles. The smallest absolute Gasteiger partial charge is 0.0701 e. The molecule has 0 aliphatic carbocycles. The lowest BCUT2D eigenvalue weighted by Gasteiger charge is -2.11. The summed E-state index contributed by atoms with van der Waals surface area (Å²) in [4.78, 5) is 0. The molecule has 0 saturated heterocycles. The highest BCUT2D eigenvalue weighted by Gasteiger charge is 1.99. The van der Waals surface area contributed by atoms with E-state index in [1.807, 2.05) is 24.3 Å². The summed E-state index contributed by atoms with van der Waals surface area (Å²) < 4.78 is 0. The number of nitrogens with one attached hydrogen (secondary N) is 1. The predicted molar refractivity (Wildman–Crippen MR) is 60.3 cm³/mol. The van der Waals surface area contributed by atoms with Crippen molar-refractivity contribution in [2.24, 2.45) is 5.92 Å². The molecule has 2 heteroatoms. The highest BCUT2D eigenvalue weighted by atomic mass is 16.3. The number of rotatable bonds is 5. The van der Waals surface area contributed by atoms with Crippen molar-refractivity contribution in [3.63, 3.8) is 0 Å². The molecular weight excluding hydrogens is 174 g/mol. The van der Waals surface area contributed by atoms with Gasteiger partial charge in [-0.15, -0.1) is 0 Å². The van der Waals surface area contributed by atoms with E-state index in [0.717, 1.165) is 24.2 Å². The Bertz CT molecular complexity index is 271. The third-order valence-electron chi connectivity index (χ3n) is 2.22. The number of hydrogen-bond donors (Lipinski definition) is 2. The molecule has 0 atom stereocenters. The van der Waals surface area contributed by atoms with Crippen LogP contribution in [0.3, 0.4) is 0 Å². The molecule has 1 aromatic carbocycles. The zero-order chi connectivity index (χ0) is 10.4. The minimum atomic E-state index is 0.102. The van der Waals surface area contributed by atoms with Crippen molar-refractivity contribution in [1.29, 1.82) is 0 Å². The van der Waals surface area contributed by atoms with Crippen molar-refractivity contribution >= 4 is 5.69 Å². The maximum absolute atomic E-state index is 9.09. The topological polar surface area (TPSA) is 32.3 Å². The monoisotopic (exact) mass is 193 g/mol. The molecular formula is C12H19NO. The number of aliphatic hydroxyl groups is 1. The third-order valence-corrected chi connectivity index (χ3v) is 2.22. The van der Waals surface area contributed by atoms with Gasteiger partial charge in [0.05, 0.1) is 6.61 Å². The maximum Gasteiger partial charge on any atom is 0.0701 e. The molecule has 0 radical (unpaired) electrons. The molecule has 0 spiro atoms. The average Bonchev–Trinajstić information content (AvgIpc) is 2.18. The molecule has 0 aromatic heterocycles. The second-order valence-electron chi connectivity index (χ2n) is 3.92. The lowest BCUT2D eigenvalue weighted by Crippen LogP contribution is -2.06. The number of para-hydroxylation sites is 1. The number of aliphatic hydroxyl groups excluding tert-OH is 1. The number of benzene rings is 1. The highest BCUT2D eigenvalue weighted by Crippen LogP contribution is 2.14. The van der Waals surface area contributed by atoms with Gasteiger partial charge in [-0.05, 0) is 18.4 Å². The van der Waals surface area contributed by atoms with Gasteiger partial charge in [-0.2, -0.15) is 0 Å². The van der Waals surface area contributed by atoms with Gasteiger partial charge in [0.15, 0.2) is 0 Å². The zero-order valence-corrected chi connectivity index (χ0v) is 8.96. The Balaban J connectivity index is 2.49. The fourth-order valence-electron chi connectivity index (χ4n) is 1.33. The first-order valence-corrected chi connectivity index (χ1v) is 5.16. The molecule has 2 nitrogen and oxygen atoms in total. The van der Waals surface area contributed by atoms with Crippen LogP contribution in [0.5, 0.6) is 0 Å². The van der Waals surface area contributed by atoms with Crippen LogP contribution in [-0.4, -0.2) is 11.7 Å². The molecule has 0 heterocycles. The molecule has 78 valence electrons. The van der Waals surface area contributed by atoms with Crippen LogP contribution >= 0.6 is 0 Å². The van der Waals surface area contributed by atoms with E-state index in [9.17, 15) is 0 Å². The molecule has 1 aromatic rings. The summed E-state index contributed by atoms with van der Waals surface area (Å²) in [5, 5.41) is 12.4. The van der Waals surface area contributed by atoms with E-state index in [1.165, 1.54) is 0 Å². The van der Waals surface area contributed by atoms with Gasteiger partial charge in [0.2, 0.25) is 0 Å². The second-order valence-corrected chi connectivity index (χ2v) is 3.92. The molecule has 0 amide bonds. The first-order chi connectivity index (χ1) is 6.74. The van der Waals surface area contributed by atoms with Crippen molar-refractivity contribution in [2.75, 3.05) is 11.9 Å². The maximum atomic E-state index is 9.09. The Hall–Kier alpha value is -1.02. The van der Waals surface area contributed by atoms with Crippen LogP contribution in [0.1, 0.15) is 25.8 Å². The summed E-state index contributed by atoms with van der Waals surface area (Å²) in [6, 6.07) is 7.87. The summed E-state index contributed by atoms with van der Waals surface area (Å²) in [6.45, 7) is 5.48. The number of anilines is 1. The van der Waals surface area contributed by atoms with E-state index in [2.05, 4.69) is 19.2 Å². The van der Waals surface area contributed by atoms with Crippen LogP contribution in [0.4, 0.5) is 5.69 Å². The van der Waals surface area contributed by atoms with Crippen LogP contribution in [0.15, 0.2) is 24.3 Å². The van der Waals surface area contributed by atoms with Crippen molar-refractivity contribution in [1.82, 2.24) is 0 Å². The van der Waals surface area contributed by atoms with Gasteiger partial charge < -0.3 is 10.4 Å². The summed E-state index contributed by atoms with van der Waals surface area (Å²) in [6.07, 6.45) is 1.15. The van der Waals surface area contributed by atoms with E-state index in [0.29, 0.717) is 5.92 Å². The Kier molecular flexibility index (Phi) is 4.47. The first-order valence-electron chi connectivity index (χ1n) is 5.16. The Labute approximate surface area is 86.0 Å². The average molecular weight is 193 g/mol. The van der Waals surface area contributed by atoms with E-state index in [4.69, 9.17) is 5.11 Å². The fraction of sp³-hybridized carbons (Fsp3) is 0.500. The normalized spacial score (nSPS) is 10.6. The van der Waals surface area contributed by atoms with Gasteiger partial charge in [0, 0.05) is 17.8 Å². The minimum Gasteiger partial charge on any atom is -0.392 e. The lowest BCUT2D eigenvalue weighted by molar-refractivity contribution is 0.282. The predicted octanol–water partition coefficient (Wildman–Crippen LogP) is 2.64. The van der Waals surface area contributed by atoms with E-state index in [-0.39, 0.29) is 6.61 Å². The zero-order valence-electron chi connectivity index (χ0n) is 8.96. The van der Waals surface area contributed by atoms with Gasteiger partial charge in [-0.25, -0.2) is 0 Å². The van der Waals surface area contributed by atoms with Gasteiger partial charge >= 0.3 is 0 Å². The van der Waals surface area contributed by atoms with E-state index in [1.54, 1.807) is 0 Å². The van der Waals surface area contributed by atoms with Gasteiger partial charge in [-0.3, -0.25) is 0 Å². The summed E-state index contributed by atoms with van der Waals surface area (Å²) >= 11 is 0. The van der Waals surface area contributed by atoms with Crippen LogP contribution in [-0.2, 0) is 6.61 Å². The van der Waals surface area contributed by atoms with Crippen molar-refractivity contribution in [3.8, 4) is 0 Å². The molecule has 2 N–H and O–H groups in total. The standard InChI is InChI=1S/C12H19NO/c1-10(2)7-8-13-12-6-4-3-5-11(12)9-14/h3-6,10,13-14H,7-9H2,1-2H3. The molecule has 0 fully saturated rings. The van der Waals surface area contributed by atoms with Gasteiger partial charge in [0.1, 0.15) is 0 Å². The Morgan fingerprint density at radius 1 is 1.29 bits per heavy atom. The highest BCUT2D eigenvalue weighted by molar-refractivity contribution is 5.50. The van der Waals surface area contributed by atoms with Crippen LogP contribution in [0, 0.1) is 5.92 Å². The molecule has 0 bridgehead atoms. The Morgan fingerprint density at radius 2 is 2.00 bits per heavy atom. The molecule has 0 aliphatic rings. The minimum absolute atomic E-state index is 0.102. The fourth-order valence-corrected chi connectivity index (χ4v) is 1.33. The SMILES string of the molecule is CC(C)CCNc1ccccc1CO. The lowest BCUT2D eigenvalue weighted by atomic mass is 10.1. The van der Waals surface area contributed by atoms with Crippen molar-refractivity contribution in [2.45, 2.75) is 26.9 Å². The largest absolute Gasteiger partial charge is 0.392 e. The van der Waals surface area contributed by atoms with Crippen LogP contribution < -0.4 is 5.32 Å². The van der Waals surface area contributed by atoms with Gasteiger partial charge in [-0.1, -0.05) is 32.0 Å². The van der Waals surface area contributed by atoms with E-state index >= 15 is 0 Å². The summed E-state index contributed by atoms with van der Waals surface area (Å²) in [7, 11) is 0. The second kappa shape index (κ2) is 5.66. The molecule has 0 saturated carbocycles. The summed E-state index contributed by atoms with van der Waals surface area (Å²) in [5.74, 6) is 0.712.